The normalized spacial score (nSPS) is 11.0. The van der Waals surface area contributed by atoms with Crippen molar-refractivity contribution in [2.24, 2.45) is 0 Å². The van der Waals surface area contributed by atoms with Crippen molar-refractivity contribution in [1.82, 2.24) is 0 Å². The number of esters is 1. The molecule has 0 saturated heterocycles. The average molecular weight is 378 g/mol. The Bertz CT molecular complexity index is 894. The van der Waals surface area contributed by atoms with Gasteiger partial charge in [0.15, 0.2) is 0 Å². The first-order chi connectivity index (χ1) is 12.3. The summed E-state index contributed by atoms with van der Waals surface area (Å²) in [6, 6.07) is 11.0. The highest BCUT2D eigenvalue weighted by atomic mass is 32.2. The van der Waals surface area contributed by atoms with Gasteiger partial charge in [-0.2, -0.15) is 0 Å². The van der Waals surface area contributed by atoms with Crippen LogP contribution in [0.2, 0.25) is 0 Å². The summed E-state index contributed by atoms with van der Waals surface area (Å²) in [6.45, 7) is 1.89. The number of nitro benzene ring substituents is 1. The van der Waals surface area contributed by atoms with Crippen molar-refractivity contribution in [3.63, 3.8) is 0 Å². The predicted octanol–water partition coefficient (Wildman–Crippen LogP) is 3.36. The fourth-order valence-corrected chi connectivity index (χ4v) is 3.33. The number of nitro groups is 1. The molecule has 8 nitrogen and oxygen atoms in total. The van der Waals surface area contributed by atoms with E-state index < -0.39 is 20.9 Å². The first-order valence-corrected chi connectivity index (χ1v) is 9.53. The van der Waals surface area contributed by atoms with Crippen molar-refractivity contribution < 1.29 is 22.9 Å². The number of ether oxygens (including phenoxy) is 1. The summed E-state index contributed by atoms with van der Waals surface area (Å²) >= 11 is 0. The number of anilines is 1. The number of rotatable bonds is 8. The van der Waals surface area contributed by atoms with Crippen LogP contribution in [0.3, 0.4) is 0 Å². The Morgan fingerprint density at radius 2 is 1.88 bits per heavy atom. The maximum Gasteiger partial charge on any atom is 0.343 e. The monoisotopic (exact) mass is 378 g/mol. The van der Waals surface area contributed by atoms with E-state index in [0.29, 0.717) is 6.42 Å². The zero-order valence-corrected chi connectivity index (χ0v) is 14.9. The van der Waals surface area contributed by atoms with Gasteiger partial charge in [0.2, 0.25) is 10.0 Å². The largest absolute Gasteiger partial charge is 0.423 e. The molecule has 1 N–H and O–H groups in total. The highest BCUT2D eigenvalue weighted by molar-refractivity contribution is 7.92. The minimum Gasteiger partial charge on any atom is -0.423 e. The van der Waals surface area contributed by atoms with Gasteiger partial charge in [-0.15, -0.1) is 0 Å². The summed E-state index contributed by atoms with van der Waals surface area (Å²) < 4.78 is 31.4. The highest BCUT2D eigenvalue weighted by Crippen LogP contribution is 2.20. The Labute approximate surface area is 151 Å². The van der Waals surface area contributed by atoms with E-state index in [4.69, 9.17) is 4.74 Å². The molecule has 0 amide bonds. The molecule has 138 valence electrons. The molecule has 0 aliphatic rings. The topological polar surface area (TPSA) is 116 Å². The van der Waals surface area contributed by atoms with Crippen LogP contribution in [0.25, 0.3) is 0 Å². The second-order valence-corrected chi connectivity index (χ2v) is 7.34. The number of benzene rings is 2. The molecule has 0 radical (unpaired) electrons. The molecule has 0 aliphatic heterocycles. The SMILES string of the molecule is CCCCS(=O)(=O)Nc1cccc(C(=O)Oc2ccc([N+](=O)[O-])cc2)c1. The number of carbonyl (C=O) groups is 1. The van der Waals surface area contributed by atoms with E-state index in [1.165, 1.54) is 48.5 Å². The van der Waals surface area contributed by atoms with Crippen molar-refractivity contribution in [3.05, 3.63) is 64.2 Å². The summed E-state index contributed by atoms with van der Waals surface area (Å²) in [6.07, 6.45) is 1.29. The van der Waals surface area contributed by atoms with Crippen LogP contribution in [-0.2, 0) is 10.0 Å². The van der Waals surface area contributed by atoms with Crippen LogP contribution in [0.1, 0.15) is 30.1 Å². The number of carbonyl (C=O) groups excluding carboxylic acids is 1. The van der Waals surface area contributed by atoms with E-state index in [1.807, 2.05) is 6.92 Å². The van der Waals surface area contributed by atoms with E-state index in [9.17, 15) is 23.3 Å². The van der Waals surface area contributed by atoms with Gasteiger partial charge in [0.25, 0.3) is 5.69 Å². The third-order valence-electron chi connectivity index (χ3n) is 3.40. The van der Waals surface area contributed by atoms with Crippen LogP contribution in [0.5, 0.6) is 5.75 Å². The molecule has 26 heavy (non-hydrogen) atoms. The lowest BCUT2D eigenvalue weighted by Crippen LogP contribution is -2.17. The zero-order chi connectivity index (χ0) is 19.2. The molecule has 2 aromatic carbocycles. The number of hydrogen-bond acceptors (Lipinski definition) is 6. The molecule has 0 aliphatic carbocycles. The van der Waals surface area contributed by atoms with Crippen LogP contribution >= 0.6 is 0 Å². The second-order valence-electron chi connectivity index (χ2n) is 5.50. The third kappa shape index (κ3) is 5.55. The number of nitrogens with zero attached hydrogens (tertiary/aromatic N) is 1. The van der Waals surface area contributed by atoms with E-state index in [1.54, 1.807) is 0 Å². The molecule has 0 saturated carbocycles. The fraction of sp³-hybridized carbons (Fsp3) is 0.235. The minimum absolute atomic E-state index is 0.000961. The smallest absolute Gasteiger partial charge is 0.343 e. The summed E-state index contributed by atoms with van der Waals surface area (Å²) in [7, 11) is -3.48. The first-order valence-electron chi connectivity index (χ1n) is 7.88. The maximum atomic E-state index is 12.2. The van der Waals surface area contributed by atoms with Crippen molar-refractivity contribution in [1.29, 1.82) is 0 Å². The number of hydrogen-bond donors (Lipinski definition) is 1. The number of non-ortho nitro benzene ring substituents is 1. The zero-order valence-electron chi connectivity index (χ0n) is 14.0. The molecule has 0 bridgehead atoms. The van der Waals surface area contributed by atoms with Crippen molar-refractivity contribution >= 4 is 27.4 Å². The fourth-order valence-electron chi connectivity index (χ4n) is 2.08. The number of nitrogens with one attached hydrogen (secondary N) is 1. The summed E-state index contributed by atoms with van der Waals surface area (Å²) in [5.41, 5.74) is 0.298. The molecule has 0 fully saturated rings. The molecule has 0 atom stereocenters. The third-order valence-corrected chi connectivity index (χ3v) is 4.77. The molecular formula is C17H18N2O6S. The maximum absolute atomic E-state index is 12.2. The predicted molar refractivity (Wildman–Crippen MR) is 96.8 cm³/mol. The lowest BCUT2D eigenvalue weighted by Gasteiger charge is -2.09. The van der Waals surface area contributed by atoms with E-state index in [-0.39, 0.29) is 28.4 Å². The average Bonchev–Trinajstić information content (AvgIpc) is 2.60. The second kappa shape index (κ2) is 8.43. The van der Waals surface area contributed by atoms with Gasteiger partial charge in [-0.25, -0.2) is 13.2 Å². The lowest BCUT2D eigenvalue weighted by molar-refractivity contribution is -0.384. The molecule has 2 aromatic rings. The molecule has 0 unspecified atom stereocenters. The molecule has 2 rings (SSSR count). The van der Waals surface area contributed by atoms with Crippen molar-refractivity contribution in [2.75, 3.05) is 10.5 Å². The summed E-state index contributed by atoms with van der Waals surface area (Å²) in [4.78, 5) is 22.2. The van der Waals surface area contributed by atoms with Gasteiger partial charge >= 0.3 is 5.97 Å². The molecule has 0 heterocycles. The Morgan fingerprint density at radius 1 is 1.19 bits per heavy atom. The standard InChI is InChI=1S/C17H18N2O6S/c1-2-3-11-26(23,24)18-14-6-4-5-13(12-14)17(20)25-16-9-7-15(8-10-16)19(21)22/h4-10,12,18H,2-3,11H2,1H3. The molecule has 0 aromatic heterocycles. The van der Waals surface area contributed by atoms with Crippen LogP contribution in [0.15, 0.2) is 48.5 Å². The Kier molecular flexibility index (Phi) is 6.29. The minimum atomic E-state index is -3.48. The number of unbranched alkanes of at least 4 members (excludes halogenated alkanes) is 1. The van der Waals surface area contributed by atoms with Crippen molar-refractivity contribution in [2.45, 2.75) is 19.8 Å². The van der Waals surface area contributed by atoms with Gasteiger partial charge in [0.05, 0.1) is 16.2 Å². The van der Waals surface area contributed by atoms with E-state index in [0.717, 1.165) is 6.42 Å². The highest BCUT2D eigenvalue weighted by Gasteiger charge is 2.14. The van der Waals surface area contributed by atoms with Gasteiger partial charge in [0.1, 0.15) is 5.75 Å². The first kappa shape index (κ1) is 19.4. The Balaban J connectivity index is 2.09. The van der Waals surface area contributed by atoms with Crippen molar-refractivity contribution in [3.8, 4) is 5.75 Å². The van der Waals surface area contributed by atoms with Crippen LogP contribution in [0.4, 0.5) is 11.4 Å². The number of sulfonamides is 1. The van der Waals surface area contributed by atoms with Gasteiger partial charge in [-0.3, -0.25) is 14.8 Å². The van der Waals surface area contributed by atoms with Crippen LogP contribution in [0, 0.1) is 10.1 Å². The Hall–Kier alpha value is -2.94. The Morgan fingerprint density at radius 3 is 2.50 bits per heavy atom. The van der Waals surface area contributed by atoms with Gasteiger partial charge in [-0.1, -0.05) is 19.4 Å². The molecule has 0 spiro atoms. The summed E-state index contributed by atoms with van der Waals surface area (Å²) in [5.74, 6) is -0.552. The lowest BCUT2D eigenvalue weighted by atomic mass is 10.2. The molecular weight excluding hydrogens is 360 g/mol. The molecule has 9 heteroatoms. The van der Waals surface area contributed by atoms with Crippen LogP contribution < -0.4 is 9.46 Å². The van der Waals surface area contributed by atoms with Gasteiger partial charge in [-0.05, 0) is 36.8 Å². The van der Waals surface area contributed by atoms with Crippen LogP contribution in [-0.4, -0.2) is 25.1 Å². The van der Waals surface area contributed by atoms with E-state index >= 15 is 0 Å². The van der Waals surface area contributed by atoms with E-state index in [2.05, 4.69) is 4.72 Å². The quantitative estimate of drug-likeness (QED) is 0.326. The van der Waals surface area contributed by atoms with Gasteiger partial charge < -0.3 is 4.74 Å². The summed E-state index contributed by atoms with van der Waals surface area (Å²) in [5, 5.41) is 10.6. The van der Waals surface area contributed by atoms with Gasteiger partial charge in [0, 0.05) is 17.8 Å².